The van der Waals surface area contributed by atoms with Crippen molar-refractivity contribution in [1.82, 2.24) is 14.3 Å². The van der Waals surface area contributed by atoms with Gasteiger partial charge in [-0.25, -0.2) is 4.98 Å². The van der Waals surface area contributed by atoms with Crippen molar-refractivity contribution >= 4 is 11.6 Å². The summed E-state index contributed by atoms with van der Waals surface area (Å²) in [5, 5.41) is 0. The maximum Gasteiger partial charge on any atom is 0.239 e. The van der Waals surface area contributed by atoms with Crippen molar-refractivity contribution in [3.05, 3.63) is 72.2 Å². The van der Waals surface area contributed by atoms with Gasteiger partial charge >= 0.3 is 0 Å². The van der Waals surface area contributed by atoms with Crippen molar-refractivity contribution in [1.29, 1.82) is 0 Å². The zero-order chi connectivity index (χ0) is 18.1. The lowest BCUT2D eigenvalue weighted by Gasteiger charge is -2.41. The van der Waals surface area contributed by atoms with Gasteiger partial charge in [0.1, 0.15) is 5.65 Å². The molecule has 0 unspecified atom stereocenters. The molecular formula is C21H24N4O. The van der Waals surface area contributed by atoms with E-state index in [0.717, 1.165) is 24.2 Å². The Balaban J connectivity index is 1.74. The van der Waals surface area contributed by atoms with Crippen LogP contribution in [0.4, 0.5) is 0 Å². The Kier molecular flexibility index (Phi) is 4.24. The topological polar surface area (TPSA) is 63.6 Å². The van der Waals surface area contributed by atoms with Crippen LogP contribution < -0.4 is 5.73 Å². The first-order valence-electron chi connectivity index (χ1n) is 9.14. The minimum absolute atomic E-state index is 0.0293. The maximum absolute atomic E-state index is 12.3. The lowest BCUT2D eigenvalue weighted by atomic mass is 9.70. The van der Waals surface area contributed by atoms with E-state index in [2.05, 4.69) is 34.9 Å². The van der Waals surface area contributed by atoms with Gasteiger partial charge in [-0.3, -0.25) is 4.79 Å². The standard InChI is InChI=1S/C21H24N4O/c1-16(22)20(26)24-13-10-21(11-14-24,17-7-3-2-4-8-17)18-15-25-12-6-5-9-19(25)23-18/h2-9,12,15-16H,10-11,13-14,22H2,1H3/t16-/m1/s1. The molecule has 4 rings (SSSR count). The molecule has 0 aliphatic carbocycles. The average molecular weight is 348 g/mol. The van der Waals surface area contributed by atoms with Gasteiger partial charge in [0.05, 0.1) is 11.7 Å². The molecule has 1 fully saturated rings. The average Bonchev–Trinajstić information content (AvgIpc) is 3.13. The Morgan fingerprint density at radius 1 is 1.12 bits per heavy atom. The summed E-state index contributed by atoms with van der Waals surface area (Å²) in [6.07, 6.45) is 5.85. The van der Waals surface area contributed by atoms with E-state index in [-0.39, 0.29) is 11.3 Å². The lowest BCUT2D eigenvalue weighted by Crippen LogP contribution is -2.50. The van der Waals surface area contributed by atoms with Crippen LogP contribution in [0.15, 0.2) is 60.9 Å². The van der Waals surface area contributed by atoms with Gasteiger partial charge in [0.15, 0.2) is 0 Å². The first-order chi connectivity index (χ1) is 12.6. The van der Waals surface area contributed by atoms with E-state index in [4.69, 9.17) is 10.7 Å². The van der Waals surface area contributed by atoms with Crippen LogP contribution in [-0.4, -0.2) is 39.3 Å². The van der Waals surface area contributed by atoms with Crippen LogP contribution >= 0.6 is 0 Å². The molecule has 1 atom stereocenters. The third-order valence-electron chi connectivity index (χ3n) is 5.50. The van der Waals surface area contributed by atoms with E-state index < -0.39 is 6.04 Å². The third-order valence-corrected chi connectivity index (χ3v) is 5.50. The van der Waals surface area contributed by atoms with Crippen LogP contribution in [0.25, 0.3) is 5.65 Å². The molecule has 2 aromatic heterocycles. The predicted octanol–water partition coefficient (Wildman–Crippen LogP) is 2.59. The number of piperidine rings is 1. The quantitative estimate of drug-likeness (QED) is 0.791. The van der Waals surface area contributed by atoms with E-state index in [1.165, 1.54) is 5.56 Å². The fourth-order valence-electron chi connectivity index (χ4n) is 4.01. The molecule has 5 nitrogen and oxygen atoms in total. The highest BCUT2D eigenvalue weighted by atomic mass is 16.2. The Morgan fingerprint density at radius 3 is 2.46 bits per heavy atom. The summed E-state index contributed by atoms with van der Waals surface area (Å²) in [4.78, 5) is 19.1. The molecular weight excluding hydrogens is 324 g/mol. The lowest BCUT2D eigenvalue weighted by molar-refractivity contribution is -0.133. The summed E-state index contributed by atoms with van der Waals surface area (Å²) in [5.74, 6) is 0.0293. The molecule has 134 valence electrons. The molecule has 0 saturated carbocycles. The third kappa shape index (κ3) is 2.78. The van der Waals surface area contributed by atoms with Gasteiger partial charge in [-0.1, -0.05) is 36.4 Å². The van der Waals surface area contributed by atoms with E-state index >= 15 is 0 Å². The molecule has 3 aromatic rings. The molecule has 1 amide bonds. The van der Waals surface area contributed by atoms with Crippen molar-refractivity contribution in [2.45, 2.75) is 31.2 Å². The molecule has 5 heteroatoms. The summed E-state index contributed by atoms with van der Waals surface area (Å²) in [7, 11) is 0. The highest BCUT2D eigenvalue weighted by molar-refractivity contribution is 5.81. The number of carbonyl (C=O) groups excluding carboxylic acids is 1. The Morgan fingerprint density at radius 2 is 1.81 bits per heavy atom. The SMILES string of the molecule is C[C@@H](N)C(=O)N1CCC(c2ccccc2)(c2cn3ccccc3n2)CC1. The molecule has 1 saturated heterocycles. The number of hydrogen-bond acceptors (Lipinski definition) is 3. The van der Waals surface area contributed by atoms with Crippen molar-refractivity contribution in [2.75, 3.05) is 13.1 Å². The number of likely N-dealkylation sites (tertiary alicyclic amines) is 1. The number of rotatable bonds is 3. The highest BCUT2D eigenvalue weighted by Crippen LogP contribution is 2.41. The minimum atomic E-state index is -0.450. The number of benzene rings is 1. The summed E-state index contributed by atoms with van der Waals surface area (Å²) >= 11 is 0. The molecule has 0 spiro atoms. The monoisotopic (exact) mass is 348 g/mol. The van der Waals surface area contributed by atoms with E-state index in [0.29, 0.717) is 13.1 Å². The van der Waals surface area contributed by atoms with E-state index in [9.17, 15) is 4.79 Å². The Hall–Kier alpha value is -2.66. The number of fused-ring (bicyclic) bond motifs is 1. The molecule has 2 N–H and O–H groups in total. The van der Waals surface area contributed by atoms with Gasteiger partial charge in [-0.15, -0.1) is 0 Å². The second-order valence-corrected chi connectivity index (χ2v) is 7.15. The maximum atomic E-state index is 12.3. The van der Waals surface area contributed by atoms with Crippen LogP contribution in [0, 0.1) is 0 Å². The summed E-state index contributed by atoms with van der Waals surface area (Å²) in [6.45, 7) is 3.15. The second-order valence-electron chi connectivity index (χ2n) is 7.15. The molecule has 0 radical (unpaired) electrons. The number of pyridine rings is 1. The van der Waals surface area contributed by atoms with Crippen molar-refractivity contribution < 1.29 is 4.79 Å². The van der Waals surface area contributed by atoms with Crippen LogP contribution in [0.2, 0.25) is 0 Å². The minimum Gasteiger partial charge on any atom is -0.341 e. The highest BCUT2D eigenvalue weighted by Gasteiger charge is 2.41. The number of amides is 1. The predicted molar refractivity (Wildman–Crippen MR) is 102 cm³/mol. The van der Waals surface area contributed by atoms with E-state index in [1.807, 2.05) is 35.4 Å². The van der Waals surface area contributed by atoms with Gasteiger partial charge < -0.3 is 15.0 Å². The number of aromatic nitrogens is 2. The zero-order valence-electron chi connectivity index (χ0n) is 15.0. The van der Waals surface area contributed by atoms with Gasteiger partial charge in [0, 0.05) is 30.9 Å². The van der Waals surface area contributed by atoms with Crippen molar-refractivity contribution in [3.63, 3.8) is 0 Å². The summed E-state index contributed by atoms with van der Waals surface area (Å²) in [5.41, 5.74) is 8.91. The van der Waals surface area contributed by atoms with Crippen molar-refractivity contribution in [3.8, 4) is 0 Å². The Labute approximate surface area is 153 Å². The summed E-state index contributed by atoms with van der Waals surface area (Å²) < 4.78 is 2.07. The number of nitrogens with zero attached hydrogens (tertiary/aromatic N) is 3. The number of imidazole rings is 1. The van der Waals surface area contributed by atoms with Crippen LogP contribution in [-0.2, 0) is 10.2 Å². The molecule has 1 aromatic carbocycles. The smallest absolute Gasteiger partial charge is 0.239 e. The largest absolute Gasteiger partial charge is 0.341 e. The van der Waals surface area contributed by atoms with Gasteiger partial charge in [-0.05, 0) is 37.5 Å². The Bertz CT molecular complexity index is 875. The van der Waals surface area contributed by atoms with E-state index in [1.54, 1.807) is 6.92 Å². The number of nitrogens with two attached hydrogens (primary N) is 1. The van der Waals surface area contributed by atoms with Crippen LogP contribution in [0.1, 0.15) is 31.0 Å². The first kappa shape index (κ1) is 16.8. The van der Waals surface area contributed by atoms with Gasteiger partial charge in [0.2, 0.25) is 5.91 Å². The normalized spacial score (nSPS) is 18.0. The molecule has 26 heavy (non-hydrogen) atoms. The fourth-order valence-corrected chi connectivity index (χ4v) is 4.01. The van der Waals surface area contributed by atoms with Gasteiger partial charge in [0.25, 0.3) is 0 Å². The fraction of sp³-hybridized carbons (Fsp3) is 0.333. The van der Waals surface area contributed by atoms with Crippen LogP contribution in [0.3, 0.4) is 0 Å². The van der Waals surface area contributed by atoms with Crippen LogP contribution in [0.5, 0.6) is 0 Å². The number of hydrogen-bond donors (Lipinski definition) is 1. The molecule has 1 aliphatic heterocycles. The molecule has 3 heterocycles. The first-order valence-corrected chi connectivity index (χ1v) is 9.14. The molecule has 0 bridgehead atoms. The number of carbonyl (C=O) groups is 1. The second kappa shape index (κ2) is 6.57. The zero-order valence-corrected chi connectivity index (χ0v) is 15.0. The molecule has 1 aliphatic rings. The van der Waals surface area contributed by atoms with Crippen molar-refractivity contribution in [2.24, 2.45) is 5.73 Å². The summed E-state index contributed by atoms with van der Waals surface area (Å²) in [6, 6.07) is 16.1. The van der Waals surface area contributed by atoms with Gasteiger partial charge in [-0.2, -0.15) is 0 Å².